The van der Waals surface area contributed by atoms with Gasteiger partial charge in [0.1, 0.15) is 0 Å². The third-order valence-electron chi connectivity index (χ3n) is 6.70. The van der Waals surface area contributed by atoms with Crippen molar-refractivity contribution < 1.29 is 13.2 Å². The second kappa shape index (κ2) is 9.60. The third-order valence-corrected chi connectivity index (χ3v) is 8.57. The first kappa shape index (κ1) is 22.6. The molecule has 0 aliphatic carbocycles. The molecule has 34 heavy (non-hydrogen) atoms. The Kier molecular flexibility index (Phi) is 6.39. The van der Waals surface area contributed by atoms with Crippen LogP contribution in [0.15, 0.2) is 84.9 Å². The lowest BCUT2D eigenvalue weighted by atomic mass is 9.96. The monoisotopic (exact) mass is 475 g/mol. The van der Waals surface area contributed by atoms with Crippen LogP contribution in [0.25, 0.3) is 0 Å². The molecule has 2 saturated heterocycles. The predicted octanol–water partition coefficient (Wildman–Crippen LogP) is 3.77. The topological polar surface area (TPSA) is 60.9 Å². The van der Waals surface area contributed by atoms with Crippen LogP contribution in [0.1, 0.15) is 33.9 Å². The maximum atomic E-state index is 13.2. The minimum Gasteiger partial charge on any atom is -0.336 e. The zero-order valence-electron chi connectivity index (χ0n) is 19.1. The number of nitrogens with zero attached hydrogens (tertiary/aromatic N) is 3. The zero-order valence-corrected chi connectivity index (χ0v) is 19.9. The van der Waals surface area contributed by atoms with Gasteiger partial charge in [0, 0.05) is 38.3 Å². The van der Waals surface area contributed by atoms with Crippen LogP contribution >= 0.6 is 0 Å². The van der Waals surface area contributed by atoms with Gasteiger partial charge in [-0.15, -0.1) is 0 Å². The van der Waals surface area contributed by atoms with Crippen molar-refractivity contribution >= 4 is 21.6 Å². The Labute approximate surface area is 201 Å². The van der Waals surface area contributed by atoms with Crippen LogP contribution < -0.4 is 4.31 Å². The molecule has 2 aliphatic rings. The molecule has 0 aromatic heterocycles. The molecule has 1 amide bonds. The van der Waals surface area contributed by atoms with Gasteiger partial charge in [0.2, 0.25) is 10.0 Å². The maximum absolute atomic E-state index is 13.2. The summed E-state index contributed by atoms with van der Waals surface area (Å²) >= 11 is 0. The summed E-state index contributed by atoms with van der Waals surface area (Å²) in [6, 6.07) is 28.1. The molecule has 7 heteroatoms. The summed E-state index contributed by atoms with van der Waals surface area (Å²) in [5, 5.41) is 0. The minimum absolute atomic E-state index is 0.00792. The van der Waals surface area contributed by atoms with E-state index in [1.54, 1.807) is 24.3 Å². The van der Waals surface area contributed by atoms with E-state index in [2.05, 4.69) is 53.4 Å². The Hall–Kier alpha value is -3.16. The summed E-state index contributed by atoms with van der Waals surface area (Å²) in [7, 11) is -3.22. The molecule has 3 aromatic rings. The molecule has 2 heterocycles. The molecule has 6 nitrogen and oxygen atoms in total. The van der Waals surface area contributed by atoms with E-state index in [0.717, 1.165) is 13.1 Å². The van der Waals surface area contributed by atoms with Crippen molar-refractivity contribution in [3.8, 4) is 0 Å². The minimum atomic E-state index is -3.22. The fourth-order valence-corrected chi connectivity index (χ4v) is 6.51. The molecule has 0 unspecified atom stereocenters. The van der Waals surface area contributed by atoms with Crippen LogP contribution in [0.4, 0.5) is 5.69 Å². The summed E-state index contributed by atoms with van der Waals surface area (Å²) in [6.45, 7) is 3.37. The Bertz CT molecular complexity index is 1180. The van der Waals surface area contributed by atoms with Gasteiger partial charge < -0.3 is 4.90 Å². The molecule has 0 saturated carbocycles. The van der Waals surface area contributed by atoms with Crippen LogP contribution in [0.2, 0.25) is 0 Å². The first-order chi connectivity index (χ1) is 16.5. The number of hydrogen-bond acceptors (Lipinski definition) is 4. The standard InChI is InChI=1S/C27H29N3O3S/c31-27(24-12-14-25(15-13-24)30-16-7-21-34(30,32)33)29-19-17-28(18-20-29)26(22-8-3-1-4-9-22)23-10-5-2-6-11-23/h1-6,8-15,26H,7,16-21H2. The maximum Gasteiger partial charge on any atom is 0.253 e. The number of piperazine rings is 1. The molecule has 5 rings (SSSR count). The van der Waals surface area contributed by atoms with Crippen LogP contribution in [0.3, 0.4) is 0 Å². The summed E-state index contributed by atoms with van der Waals surface area (Å²) in [5.41, 5.74) is 3.73. The van der Waals surface area contributed by atoms with Gasteiger partial charge >= 0.3 is 0 Å². The quantitative estimate of drug-likeness (QED) is 0.564. The molecule has 176 valence electrons. The summed E-state index contributed by atoms with van der Waals surface area (Å²) < 4.78 is 25.8. The van der Waals surface area contributed by atoms with Gasteiger partial charge in [-0.1, -0.05) is 60.7 Å². The molecule has 0 bridgehead atoms. The number of rotatable bonds is 5. The van der Waals surface area contributed by atoms with E-state index in [1.807, 2.05) is 17.0 Å². The summed E-state index contributed by atoms with van der Waals surface area (Å²) in [6.07, 6.45) is 0.639. The fourth-order valence-electron chi connectivity index (χ4n) is 4.95. The predicted molar refractivity (Wildman–Crippen MR) is 134 cm³/mol. The fraction of sp³-hybridized carbons (Fsp3) is 0.296. The Morgan fingerprint density at radius 2 is 1.26 bits per heavy atom. The largest absolute Gasteiger partial charge is 0.336 e. The van der Waals surface area contributed by atoms with Crippen molar-refractivity contribution in [3.05, 3.63) is 102 Å². The summed E-state index contributed by atoms with van der Waals surface area (Å²) in [5.74, 6) is 0.178. The molecular weight excluding hydrogens is 446 g/mol. The van der Waals surface area contributed by atoms with Crippen LogP contribution in [0.5, 0.6) is 0 Å². The lowest BCUT2D eigenvalue weighted by Gasteiger charge is -2.39. The number of amides is 1. The molecule has 0 spiro atoms. The highest BCUT2D eigenvalue weighted by Gasteiger charge is 2.30. The second-order valence-corrected chi connectivity index (χ2v) is 10.9. The van der Waals surface area contributed by atoms with E-state index in [9.17, 15) is 13.2 Å². The Balaban J connectivity index is 1.27. The van der Waals surface area contributed by atoms with Gasteiger partial charge in [-0.2, -0.15) is 0 Å². The highest BCUT2D eigenvalue weighted by Crippen LogP contribution is 2.30. The van der Waals surface area contributed by atoms with Gasteiger partial charge in [-0.3, -0.25) is 14.0 Å². The van der Waals surface area contributed by atoms with Crippen molar-refractivity contribution in [2.45, 2.75) is 12.5 Å². The number of carbonyl (C=O) groups is 1. The molecule has 0 atom stereocenters. The average molecular weight is 476 g/mol. The van der Waals surface area contributed by atoms with E-state index >= 15 is 0 Å². The van der Waals surface area contributed by atoms with Crippen molar-refractivity contribution in [2.24, 2.45) is 0 Å². The first-order valence-corrected chi connectivity index (χ1v) is 13.4. The average Bonchev–Trinajstić information content (AvgIpc) is 3.24. The van der Waals surface area contributed by atoms with Crippen LogP contribution in [-0.4, -0.2) is 62.6 Å². The van der Waals surface area contributed by atoms with Gasteiger partial charge in [-0.25, -0.2) is 8.42 Å². The lowest BCUT2D eigenvalue weighted by Crippen LogP contribution is -2.49. The second-order valence-electron chi connectivity index (χ2n) is 8.84. The smallest absolute Gasteiger partial charge is 0.253 e. The molecule has 0 N–H and O–H groups in total. The van der Waals surface area contributed by atoms with Crippen LogP contribution in [0, 0.1) is 0 Å². The zero-order chi connectivity index (χ0) is 23.5. The van der Waals surface area contributed by atoms with Crippen LogP contribution in [-0.2, 0) is 10.0 Å². The normalized spacial score (nSPS) is 18.4. The van der Waals surface area contributed by atoms with Crippen molar-refractivity contribution in [1.82, 2.24) is 9.80 Å². The number of carbonyl (C=O) groups excluding carboxylic acids is 1. The van der Waals surface area contributed by atoms with Crippen molar-refractivity contribution in [2.75, 3.05) is 42.8 Å². The number of benzene rings is 3. The molecule has 3 aromatic carbocycles. The van der Waals surface area contributed by atoms with E-state index in [1.165, 1.54) is 15.4 Å². The highest BCUT2D eigenvalue weighted by atomic mass is 32.2. The van der Waals surface area contributed by atoms with E-state index in [-0.39, 0.29) is 17.7 Å². The third kappa shape index (κ3) is 4.58. The molecule has 0 radical (unpaired) electrons. The lowest BCUT2D eigenvalue weighted by molar-refractivity contribution is 0.0597. The molecular formula is C27H29N3O3S. The van der Waals surface area contributed by atoms with E-state index in [4.69, 9.17) is 0 Å². The highest BCUT2D eigenvalue weighted by molar-refractivity contribution is 7.93. The number of anilines is 1. The van der Waals surface area contributed by atoms with Crippen molar-refractivity contribution in [3.63, 3.8) is 0 Å². The Morgan fingerprint density at radius 3 is 1.76 bits per heavy atom. The molecule has 2 fully saturated rings. The van der Waals surface area contributed by atoms with E-state index < -0.39 is 10.0 Å². The van der Waals surface area contributed by atoms with Gasteiger partial charge in [0.15, 0.2) is 0 Å². The molecule has 2 aliphatic heterocycles. The SMILES string of the molecule is O=C(c1ccc(N2CCCS2(=O)=O)cc1)N1CCN(C(c2ccccc2)c2ccccc2)CC1. The number of hydrogen-bond donors (Lipinski definition) is 0. The first-order valence-electron chi connectivity index (χ1n) is 11.8. The summed E-state index contributed by atoms with van der Waals surface area (Å²) in [4.78, 5) is 17.5. The number of sulfonamides is 1. The van der Waals surface area contributed by atoms with Crippen molar-refractivity contribution in [1.29, 1.82) is 0 Å². The van der Waals surface area contributed by atoms with E-state index in [0.29, 0.717) is 37.3 Å². The van der Waals surface area contributed by atoms with Gasteiger partial charge in [0.25, 0.3) is 5.91 Å². The Morgan fingerprint density at radius 1 is 0.706 bits per heavy atom. The van der Waals surface area contributed by atoms with Gasteiger partial charge in [-0.05, 0) is 41.8 Å². The van der Waals surface area contributed by atoms with Gasteiger partial charge in [0.05, 0.1) is 17.5 Å².